The van der Waals surface area contributed by atoms with Crippen molar-refractivity contribution in [2.24, 2.45) is 5.92 Å². The molecule has 1 aromatic rings. The number of piperidine rings is 1. The van der Waals surface area contributed by atoms with Crippen molar-refractivity contribution in [1.82, 2.24) is 5.32 Å². The molecule has 2 nitrogen and oxygen atoms in total. The summed E-state index contributed by atoms with van der Waals surface area (Å²) in [6.07, 6.45) is 2.63. The lowest BCUT2D eigenvalue weighted by Crippen LogP contribution is -2.33. The van der Waals surface area contributed by atoms with Gasteiger partial charge in [-0.2, -0.15) is 0 Å². The molecule has 0 radical (unpaired) electrons. The van der Waals surface area contributed by atoms with E-state index in [2.05, 4.69) is 10.6 Å². The third kappa shape index (κ3) is 3.40. The van der Waals surface area contributed by atoms with E-state index in [0.29, 0.717) is 0 Å². The summed E-state index contributed by atoms with van der Waals surface area (Å²) in [7, 11) is 0. The molecular formula is C12H17ClN2. The van der Waals surface area contributed by atoms with Crippen LogP contribution in [0, 0.1) is 5.92 Å². The van der Waals surface area contributed by atoms with Gasteiger partial charge in [-0.05, 0) is 56.1 Å². The summed E-state index contributed by atoms with van der Waals surface area (Å²) in [5, 5.41) is 7.65. The van der Waals surface area contributed by atoms with Crippen molar-refractivity contribution in [2.45, 2.75) is 12.8 Å². The van der Waals surface area contributed by atoms with Gasteiger partial charge in [0.2, 0.25) is 0 Å². The Morgan fingerprint density at radius 2 is 2.13 bits per heavy atom. The summed E-state index contributed by atoms with van der Waals surface area (Å²) in [5.41, 5.74) is 1.16. The Kier molecular flexibility index (Phi) is 3.87. The molecule has 1 heterocycles. The molecule has 0 bridgehead atoms. The first-order chi connectivity index (χ1) is 7.34. The molecule has 0 amide bonds. The normalized spacial score (nSPS) is 21.3. The molecule has 0 aliphatic carbocycles. The lowest BCUT2D eigenvalue weighted by Gasteiger charge is -2.23. The van der Waals surface area contributed by atoms with Crippen LogP contribution in [0.4, 0.5) is 5.69 Å². The van der Waals surface area contributed by atoms with Crippen LogP contribution in [0.1, 0.15) is 12.8 Å². The van der Waals surface area contributed by atoms with Crippen LogP contribution >= 0.6 is 11.6 Å². The van der Waals surface area contributed by atoms with E-state index in [0.717, 1.165) is 29.7 Å². The molecule has 1 aliphatic heterocycles. The van der Waals surface area contributed by atoms with Crippen molar-refractivity contribution in [2.75, 3.05) is 25.0 Å². The summed E-state index contributed by atoms with van der Waals surface area (Å²) < 4.78 is 0. The summed E-state index contributed by atoms with van der Waals surface area (Å²) in [4.78, 5) is 0. The fourth-order valence-electron chi connectivity index (χ4n) is 1.93. The maximum absolute atomic E-state index is 5.82. The molecule has 0 saturated carbocycles. The minimum atomic E-state index is 0.759. The molecule has 1 saturated heterocycles. The third-order valence-corrected chi connectivity index (χ3v) is 3.09. The van der Waals surface area contributed by atoms with Crippen LogP contribution in [-0.2, 0) is 0 Å². The standard InChI is InChI=1S/C12H17ClN2/c13-11-3-5-12(6-4-11)15-9-10-2-1-7-14-8-10/h3-6,10,14-15H,1-2,7-9H2/t10-/m1/s1. The zero-order chi connectivity index (χ0) is 10.5. The van der Waals surface area contributed by atoms with Crippen LogP contribution in [0.5, 0.6) is 0 Å². The van der Waals surface area contributed by atoms with Gasteiger partial charge in [0.15, 0.2) is 0 Å². The number of halogens is 1. The highest BCUT2D eigenvalue weighted by Gasteiger charge is 2.11. The van der Waals surface area contributed by atoms with Crippen molar-refractivity contribution in [1.29, 1.82) is 0 Å². The number of nitrogens with one attached hydrogen (secondary N) is 2. The predicted octanol–water partition coefficient (Wildman–Crippen LogP) is 2.75. The maximum Gasteiger partial charge on any atom is 0.0407 e. The molecule has 1 fully saturated rings. The number of rotatable bonds is 3. The molecule has 2 rings (SSSR count). The van der Waals surface area contributed by atoms with Crippen LogP contribution in [0.25, 0.3) is 0 Å². The van der Waals surface area contributed by atoms with Gasteiger partial charge in [-0.1, -0.05) is 11.6 Å². The van der Waals surface area contributed by atoms with E-state index in [1.165, 1.54) is 19.4 Å². The summed E-state index contributed by atoms with van der Waals surface area (Å²) in [6, 6.07) is 7.89. The summed E-state index contributed by atoms with van der Waals surface area (Å²) in [5.74, 6) is 0.759. The highest BCUT2D eigenvalue weighted by Crippen LogP contribution is 2.15. The second-order valence-electron chi connectivity index (χ2n) is 4.10. The van der Waals surface area contributed by atoms with Crippen LogP contribution < -0.4 is 10.6 Å². The molecule has 2 N–H and O–H groups in total. The van der Waals surface area contributed by atoms with Crippen molar-refractivity contribution in [3.8, 4) is 0 Å². The molecule has 15 heavy (non-hydrogen) atoms. The fourth-order valence-corrected chi connectivity index (χ4v) is 2.05. The van der Waals surface area contributed by atoms with Gasteiger partial charge in [-0.25, -0.2) is 0 Å². The minimum Gasteiger partial charge on any atom is -0.385 e. The molecule has 3 heteroatoms. The van der Waals surface area contributed by atoms with Gasteiger partial charge in [0, 0.05) is 17.3 Å². The number of hydrogen-bond acceptors (Lipinski definition) is 2. The van der Waals surface area contributed by atoms with E-state index >= 15 is 0 Å². The molecular weight excluding hydrogens is 208 g/mol. The Morgan fingerprint density at radius 3 is 2.80 bits per heavy atom. The molecule has 0 spiro atoms. The lowest BCUT2D eigenvalue weighted by atomic mass is 10.00. The molecule has 1 aliphatic rings. The van der Waals surface area contributed by atoms with Gasteiger partial charge in [0.05, 0.1) is 0 Å². The number of anilines is 1. The minimum absolute atomic E-state index is 0.759. The zero-order valence-electron chi connectivity index (χ0n) is 8.80. The van der Waals surface area contributed by atoms with E-state index in [-0.39, 0.29) is 0 Å². The van der Waals surface area contributed by atoms with Crippen LogP contribution in [0.2, 0.25) is 5.02 Å². The second kappa shape index (κ2) is 5.38. The van der Waals surface area contributed by atoms with Gasteiger partial charge in [0.25, 0.3) is 0 Å². The monoisotopic (exact) mass is 224 g/mol. The Bertz CT molecular complexity index is 291. The zero-order valence-corrected chi connectivity index (χ0v) is 9.56. The average Bonchev–Trinajstić information content (AvgIpc) is 2.30. The van der Waals surface area contributed by atoms with Gasteiger partial charge in [0.1, 0.15) is 0 Å². The third-order valence-electron chi connectivity index (χ3n) is 2.84. The Balaban J connectivity index is 1.79. The molecule has 0 unspecified atom stereocenters. The van der Waals surface area contributed by atoms with E-state index in [1.54, 1.807) is 0 Å². The molecule has 1 atom stereocenters. The largest absolute Gasteiger partial charge is 0.385 e. The van der Waals surface area contributed by atoms with Gasteiger partial charge >= 0.3 is 0 Å². The van der Waals surface area contributed by atoms with Crippen LogP contribution in [0.3, 0.4) is 0 Å². The van der Waals surface area contributed by atoms with E-state index in [1.807, 2.05) is 24.3 Å². The molecule has 1 aromatic carbocycles. The van der Waals surface area contributed by atoms with Crippen molar-refractivity contribution >= 4 is 17.3 Å². The van der Waals surface area contributed by atoms with Crippen molar-refractivity contribution in [3.05, 3.63) is 29.3 Å². The van der Waals surface area contributed by atoms with Crippen LogP contribution in [-0.4, -0.2) is 19.6 Å². The molecule has 82 valence electrons. The lowest BCUT2D eigenvalue weighted by molar-refractivity contribution is 0.393. The fraction of sp³-hybridized carbons (Fsp3) is 0.500. The molecule has 0 aromatic heterocycles. The topological polar surface area (TPSA) is 24.1 Å². The van der Waals surface area contributed by atoms with E-state index in [4.69, 9.17) is 11.6 Å². The Morgan fingerprint density at radius 1 is 1.33 bits per heavy atom. The Hall–Kier alpha value is -0.730. The average molecular weight is 225 g/mol. The highest BCUT2D eigenvalue weighted by atomic mass is 35.5. The van der Waals surface area contributed by atoms with E-state index < -0.39 is 0 Å². The smallest absolute Gasteiger partial charge is 0.0407 e. The Labute approximate surface area is 96.0 Å². The second-order valence-corrected chi connectivity index (χ2v) is 4.54. The SMILES string of the molecule is Clc1ccc(NC[C@@H]2CCCNC2)cc1. The van der Waals surface area contributed by atoms with Gasteiger partial charge in [-0.15, -0.1) is 0 Å². The van der Waals surface area contributed by atoms with Crippen molar-refractivity contribution in [3.63, 3.8) is 0 Å². The quantitative estimate of drug-likeness (QED) is 0.825. The number of benzene rings is 1. The number of hydrogen-bond donors (Lipinski definition) is 2. The first kappa shape index (κ1) is 10.8. The van der Waals surface area contributed by atoms with E-state index in [9.17, 15) is 0 Å². The van der Waals surface area contributed by atoms with Gasteiger partial charge in [-0.3, -0.25) is 0 Å². The van der Waals surface area contributed by atoms with Crippen LogP contribution in [0.15, 0.2) is 24.3 Å². The van der Waals surface area contributed by atoms with Gasteiger partial charge < -0.3 is 10.6 Å². The summed E-state index contributed by atoms with van der Waals surface area (Å²) >= 11 is 5.82. The maximum atomic E-state index is 5.82. The first-order valence-electron chi connectivity index (χ1n) is 5.55. The predicted molar refractivity (Wildman–Crippen MR) is 65.5 cm³/mol. The highest BCUT2D eigenvalue weighted by molar-refractivity contribution is 6.30. The van der Waals surface area contributed by atoms with Crippen molar-refractivity contribution < 1.29 is 0 Å². The summed E-state index contributed by atoms with van der Waals surface area (Å²) in [6.45, 7) is 3.37. The first-order valence-corrected chi connectivity index (χ1v) is 5.92.